The molecule has 116 valence electrons. The molecule has 0 saturated carbocycles. The van der Waals surface area contributed by atoms with E-state index in [9.17, 15) is 0 Å². The molecule has 0 aromatic heterocycles. The van der Waals surface area contributed by atoms with E-state index in [1.54, 1.807) is 0 Å². The van der Waals surface area contributed by atoms with E-state index in [2.05, 4.69) is 36.6 Å². The van der Waals surface area contributed by atoms with Gasteiger partial charge in [-0.25, -0.2) is 6.57 Å². The van der Waals surface area contributed by atoms with Crippen molar-refractivity contribution in [3.8, 4) is 6.07 Å². The number of rotatable bonds is 3. The lowest BCUT2D eigenvalue weighted by Gasteiger charge is -2.46. The molecule has 1 saturated heterocycles. The second kappa shape index (κ2) is 6.51. The molecule has 1 aromatic rings. The molecule has 1 fully saturated rings. The summed E-state index contributed by atoms with van der Waals surface area (Å²) in [5, 5.41) is 8.85. The standard InChI is InChI=1S/C19H25N3/c1-18(2,3)19(15-21-4)9-11-22(12-10-19)14-17-7-5-16(13-20)6-8-17/h5-8H,9-12,14-15H2,1-3H3. The molecule has 1 heterocycles. The van der Waals surface area contributed by atoms with E-state index in [4.69, 9.17) is 11.8 Å². The maximum atomic E-state index is 8.85. The van der Waals surface area contributed by atoms with Gasteiger partial charge in [0, 0.05) is 12.0 Å². The van der Waals surface area contributed by atoms with Crippen LogP contribution < -0.4 is 0 Å². The maximum Gasteiger partial charge on any atom is 0.220 e. The fourth-order valence-electron chi connectivity index (χ4n) is 3.38. The van der Waals surface area contributed by atoms with Crippen LogP contribution in [0.2, 0.25) is 0 Å². The molecule has 0 spiro atoms. The Morgan fingerprint density at radius 2 is 1.82 bits per heavy atom. The zero-order chi connectivity index (χ0) is 16.2. The van der Waals surface area contributed by atoms with Crippen LogP contribution in [0.5, 0.6) is 0 Å². The molecule has 0 aliphatic carbocycles. The lowest BCUT2D eigenvalue weighted by Crippen LogP contribution is -2.47. The number of hydrogen-bond donors (Lipinski definition) is 0. The van der Waals surface area contributed by atoms with Crippen LogP contribution in [0.15, 0.2) is 24.3 Å². The SMILES string of the molecule is [C-]#[N+]CC1(C(C)(C)C)CCN(Cc2ccc(C#N)cc2)CC1. The Kier molecular flexibility index (Phi) is 4.89. The first-order valence-electron chi connectivity index (χ1n) is 7.95. The Hall–Kier alpha value is -1.84. The summed E-state index contributed by atoms with van der Waals surface area (Å²) < 4.78 is 0. The van der Waals surface area contributed by atoms with Crippen molar-refractivity contribution in [2.24, 2.45) is 10.8 Å². The van der Waals surface area contributed by atoms with Gasteiger partial charge in [0.15, 0.2) is 0 Å². The van der Waals surface area contributed by atoms with Gasteiger partial charge in [0.05, 0.1) is 11.6 Å². The Labute approximate surface area is 134 Å². The van der Waals surface area contributed by atoms with Crippen molar-refractivity contribution in [1.82, 2.24) is 4.90 Å². The summed E-state index contributed by atoms with van der Waals surface area (Å²) in [5.74, 6) is 0. The third-order valence-electron chi connectivity index (χ3n) is 5.28. The number of piperidine rings is 1. The summed E-state index contributed by atoms with van der Waals surface area (Å²) >= 11 is 0. The molecule has 0 atom stereocenters. The molecule has 1 aromatic carbocycles. The number of likely N-dealkylation sites (tertiary alicyclic amines) is 1. The zero-order valence-electron chi connectivity index (χ0n) is 13.9. The van der Waals surface area contributed by atoms with Crippen LogP contribution in [0.25, 0.3) is 4.85 Å². The second-order valence-electron chi connectivity index (χ2n) is 7.43. The molecule has 1 aliphatic heterocycles. The third kappa shape index (κ3) is 3.49. The van der Waals surface area contributed by atoms with Gasteiger partial charge >= 0.3 is 0 Å². The van der Waals surface area contributed by atoms with Gasteiger partial charge in [-0.15, -0.1) is 0 Å². The van der Waals surface area contributed by atoms with Gasteiger partial charge in [-0.05, 0) is 49.0 Å². The quantitative estimate of drug-likeness (QED) is 0.786. The van der Waals surface area contributed by atoms with Gasteiger partial charge in [0.25, 0.3) is 0 Å². The highest BCUT2D eigenvalue weighted by molar-refractivity contribution is 5.31. The van der Waals surface area contributed by atoms with Gasteiger partial charge in [0.1, 0.15) is 0 Å². The van der Waals surface area contributed by atoms with Crippen molar-refractivity contribution in [2.45, 2.75) is 40.2 Å². The fraction of sp³-hybridized carbons (Fsp3) is 0.579. The Bertz CT molecular complexity index is 573. The predicted octanol–water partition coefficient (Wildman–Crippen LogP) is 4.11. The molecule has 1 aliphatic rings. The van der Waals surface area contributed by atoms with E-state index in [0.29, 0.717) is 12.1 Å². The maximum absolute atomic E-state index is 8.85. The van der Waals surface area contributed by atoms with Crippen molar-refractivity contribution in [1.29, 1.82) is 5.26 Å². The molecular weight excluding hydrogens is 270 g/mol. The van der Waals surface area contributed by atoms with Crippen LogP contribution in [-0.2, 0) is 6.54 Å². The summed E-state index contributed by atoms with van der Waals surface area (Å²) in [6.45, 7) is 17.8. The number of nitrogens with zero attached hydrogens (tertiary/aromatic N) is 3. The molecular formula is C19H25N3. The van der Waals surface area contributed by atoms with E-state index in [0.717, 1.165) is 32.5 Å². The van der Waals surface area contributed by atoms with Crippen LogP contribution in [-0.4, -0.2) is 24.5 Å². The molecule has 3 nitrogen and oxygen atoms in total. The number of hydrogen-bond acceptors (Lipinski definition) is 2. The smallest absolute Gasteiger partial charge is 0.220 e. The highest BCUT2D eigenvalue weighted by atomic mass is 15.1. The average Bonchev–Trinajstić information content (AvgIpc) is 2.49. The first kappa shape index (κ1) is 16.5. The lowest BCUT2D eigenvalue weighted by atomic mass is 9.61. The van der Waals surface area contributed by atoms with E-state index >= 15 is 0 Å². The second-order valence-corrected chi connectivity index (χ2v) is 7.43. The molecule has 0 N–H and O–H groups in total. The van der Waals surface area contributed by atoms with Crippen molar-refractivity contribution < 1.29 is 0 Å². The lowest BCUT2D eigenvalue weighted by molar-refractivity contribution is 0.0173. The minimum Gasteiger partial charge on any atom is -0.316 e. The Morgan fingerprint density at radius 3 is 2.27 bits per heavy atom. The molecule has 22 heavy (non-hydrogen) atoms. The first-order valence-corrected chi connectivity index (χ1v) is 7.95. The van der Waals surface area contributed by atoms with E-state index < -0.39 is 0 Å². The molecule has 2 rings (SSSR count). The Morgan fingerprint density at radius 1 is 1.23 bits per heavy atom. The average molecular weight is 295 g/mol. The number of nitriles is 1. The number of benzene rings is 1. The van der Waals surface area contributed by atoms with E-state index in [1.807, 2.05) is 24.3 Å². The Balaban J connectivity index is 1.99. The van der Waals surface area contributed by atoms with Crippen molar-refractivity contribution in [3.63, 3.8) is 0 Å². The summed E-state index contributed by atoms with van der Waals surface area (Å²) in [6.07, 6.45) is 2.18. The summed E-state index contributed by atoms with van der Waals surface area (Å²) in [4.78, 5) is 6.19. The largest absolute Gasteiger partial charge is 0.316 e. The van der Waals surface area contributed by atoms with Crippen LogP contribution in [0.1, 0.15) is 44.7 Å². The topological polar surface area (TPSA) is 31.4 Å². The van der Waals surface area contributed by atoms with Crippen LogP contribution in [0, 0.1) is 28.7 Å². The molecule has 0 unspecified atom stereocenters. The van der Waals surface area contributed by atoms with E-state index in [-0.39, 0.29) is 10.8 Å². The van der Waals surface area contributed by atoms with Crippen molar-refractivity contribution in [2.75, 3.05) is 19.6 Å². The summed E-state index contributed by atoms with van der Waals surface area (Å²) in [7, 11) is 0. The monoisotopic (exact) mass is 295 g/mol. The van der Waals surface area contributed by atoms with Crippen LogP contribution in [0.3, 0.4) is 0 Å². The third-order valence-corrected chi connectivity index (χ3v) is 5.28. The highest BCUT2D eigenvalue weighted by Gasteiger charge is 2.46. The van der Waals surface area contributed by atoms with Gasteiger partial charge in [-0.3, -0.25) is 4.90 Å². The summed E-state index contributed by atoms with van der Waals surface area (Å²) in [5.41, 5.74) is 2.30. The molecule has 0 amide bonds. The first-order chi connectivity index (χ1) is 10.4. The normalized spacial score (nSPS) is 18.4. The van der Waals surface area contributed by atoms with Crippen molar-refractivity contribution >= 4 is 0 Å². The van der Waals surface area contributed by atoms with Gasteiger partial charge in [-0.1, -0.05) is 32.9 Å². The molecule has 0 bridgehead atoms. The predicted molar refractivity (Wildman–Crippen MR) is 89.0 cm³/mol. The van der Waals surface area contributed by atoms with Gasteiger partial charge < -0.3 is 4.85 Å². The minimum absolute atomic E-state index is 0.149. The van der Waals surface area contributed by atoms with Gasteiger partial charge in [0.2, 0.25) is 6.54 Å². The zero-order valence-corrected chi connectivity index (χ0v) is 13.9. The highest BCUT2D eigenvalue weighted by Crippen LogP contribution is 2.47. The summed E-state index contributed by atoms with van der Waals surface area (Å²) in [6, 6.07) is 10.0. The van der Waals surface area contributed by atoms with Crippen molar-refractivity contribution in [3.05, 3.63) is 46.8 Å². The fourth-order valence-corrected chi connectivity index (χ4v) is 3.38. The van der Waals surface area contributed by atoms with Gasteiger partial charge in [-0.2, -0.15) is 5.26 Å². The molecule has 3 heteroatoms. The van der Waals surface area contributed by atoms with E-state index in [1.165, 1.54) is 5.56 Å². The van der Waals surface area contributed by atoms with Crippen LogP contribution >= 0.6 is 0 Å². The molecule has 0 radical (unpaired) electrons. The minimum atomic E-state index is 0.149. The van der Waals surface area contributed by atoms with Crippen LogP contribution in [0.4, 0.5) is 0 Å².